The van der Waals surface area contributed by atoms with Crippen LogP contribution in [0.25, 0.3) is 11.1 Å². The van der Waals surface area contributed by atoms with Crippen molar-refractivity contribution in [3.63, 3.8) is 0 Å². The zero-order valence-corrected chi connectivity index (χ0v) is 26.6. The molecule has 3 aromatic rings. The molecule has 1 aliphatic heterocycles. The van der Waals surface area contributed by atoms with Crippen LogP contribution in [0.15, 0.2) is 78.0 Å². The van der Waals surface area contributed by atoms with E-state index in [2.05, 4.69) is 10.3 Å². The first-order valence-electron chi connectivity index (χ1n) is 15.2. The van der Waals surface area contributed by atoms with Crippen LogP contribution in [0, 0.1) is 5.92 Å². The predicted octanol–water partition coefficient (Wildman–Crippen LogP) is 4.37. The fourth-order valence-electron chi connectivity index (χ4n) is 5.42. The molecule has 1 fully saturated rings. The van der Waals surface area contributed by atoms with Crippen LogP contribution in [-0.2, 0) is 30.8 Å². The van der Waals surface area contributed by atoms with Gasteiger partial charge in [0.2, 0.25) is 11.6 Å². The number of amides is 3. The molecule has 2 heterocycles. The number of hydrogen-bond acceptors (Lipinski definition) is 8. The molecule has 3 amide bonds. The first kappa shape index (κ1) is 34.1. The summed E-state index contributed by atoms with van der Waals surface area (Å²) >= 11 is 0. The molecule has 0 bridgehead atoms. The Morgan fingerprint density at radius 3 is 2.43 bits per heavy atom. The Balaban J connectivity index is 1.49. The van der Waals surface area contributed by atoms with Gasteiger partial charge in [0.1, 0.15) is 0 Å². The van der Waals surface area contributed by atoms with Gasteiger partial charge in [-0.1, -0.05) is 62.7 Å². The Kier molecular flexibility index (Phi) is 11.1. The quantitative estimate of drug-likeness (QED) is 0.227. The number of hydrogen-bond donors (Lipinski definition) is 3. The van der Waals surface area contributed by atoms with Crippen LogP contribution in [0.4, 0.5) is 4.79 Å². The second-order valence-electron chi connectivity index (χ2n) is 11.1. The lowest BCUT2D eigenvalue weighted by Gasteiger charge is -2.36. The maximum absolute atomic E-state index is 13.5. The number of carboxylic acid groups (broad SMARTS) is 1. The largest absolute Gasteiger partial charge is 0.478 e. The molecular formula is C33H38N4O8S. The number of benzene rings is 2. The summed E-state index contributed by atoms with van der Waals surface area (Å²) in [5.74, 6) is -2.93. The minimum absolute atomic E-state index is 0.0683. The van der Waals surface area contributed by atoms with Crippen LogP contribution in [0.3, 0.4) is 0 Å². The van der Waals surface area contributed by atoms with E-state index >= 15 is 0 Å². The van der Waals surface area contributed by atoms with E-state index in [-0.39, 0.29) is 36.5 Å². The van der Waals surface area contributed by atoms with Crippen LogP contribution in [0.2, 0.25) is 0 Å². The van der Waals surface area contributed by atoms with Gasteiger partial charge >= 0.3 is 12.1 Å². The van der Waals surface area contributed by atoms with Gasteiger partial charge in [0.25, 0.3) is 15.9 Å². The average molecular weight is 651 g/mol. The number of aliphatic carboxylic acids is 1. The minimum atomic E-state index is -4.23. The average Bonchev–Trinajstić information content (AvgIpc) is 3.48. The number of carbonyl (C=O) groups excluding carboxylic acids is 3. The minimum Gasteiger partial charge on any atom is -0.478 e. The molecule has 2 aromatic carbocycles. The molecule has 1 aliphatic rings. The molecule has 0 radical (unpaired) electrons. The second kappa shape index (κ2) is 15.0. The summed E-state index contributed by atoms with van der Waals surface area (Å²) < 4.78 is 33.0. The standard InChI is InChI=1S/C33H38N4O8S/c1-3-5-20-45-32(42)36-46(43,44)28-12-7-6-11-27(28)25-15-13-23(14-16-25)21-24(4-2)29(38)35-33(31(40)41)17-9-19-37(33)30(39)26-10-8-18-34-22-26/h6-8,10-16,18,22,24H,3-5,9,17,19-21H2,1-2H3,(H,35,38)(H,36,42)(H,40,41). The molecule has 244 valence electrons. The van der Waals surface area contributed by atoms with E-state index in [1.807, 2.05) is 18.6 Å². The number of carboxylic acids is 1. The van der Waals surface area contributed by atoms with Crippen LogP contribution in [0.1, 0.15) is 61.9 Å². The number of ether oxygens (including phenoxy) is 1. The van der Waals surface area contributed by atoms with Crippen molar-refractivity contribution in [3.8, 4) is 11.1 Å². The summed E-state index contributed by atoms with van der Waals surface area (Å²) in [7, 11) is -4.23. The van der Waals surface area contributed by atoms with Gasteiger partial charge in [0.15, 0.2) is 0 Å². The van der Waals surface area contributed by atoms with E-state index in [4.69, 9.17) is 4.74 Å². The molecule has 3 N–H and O–H groups in total. The molecule has 2 atom stereocenters. The number of carbonyl (C=O) groups is 4. The summed E-state index contributed by atoms with van der Waals surface area (Å²) in [5, 5.41) is 12.9. The van der Waals surface area contributed by atoms with Crippen LogP contribution >= 0.6 is 0 Å². The van der Waals surface area contributed by atoms with E-state index < -0.39 is 45.5 Å². The van der Waals surface area contributed by atoms with Crippen molar-refractivity contribution >= 4 is 33.9 Å². The van der Waals surface area contributed by atoms with Gasteiger partial charge in [-0.15, -0.1) is 0 Å². The zero-order valence-electron chi connectivity index (χ0n) is 25.8. The number of sulfonamides is 1. The molecule has 1 aromatic heterocycles. The molecule has 0 saturated carbocycles. The molecule has 0 spiro atoms. The first-order chi connectivity index (χ1) is 22.0. The van der Waals surface area contributed by atoms with Crippen molar-refractivity contribution in [2.45, 2.75) is 62.9 Å². The number of unbranched alkanes of at least 4 members (excludes halogenated alkanes) is 1. The Labute approximate surface area is 268 Å². The molecule has 46 heavy (non-hydrogen) atoms. The van der Waals surface area contributed by atoms with E-state index in [0.717, 1.165) is 12.0 Å². The van der Waals surface area contributed by atoms with E-state index in [1.54, 1.807) is 54.6 Å². The Hall–Kier alpha value is -4.78. The third kappa shape index (κ3) is 7.71. The fourth-order valence-corrected chi connectivity index (χ4v) is 6.54. The first-order valence-corrected chi connectivity index (χ1v) is 16.7. The van der Waals surface area contributed by atoms with Gasteiger partial charge in [-0.05, 0) is 55.0 Å². The highest BCUT2D eigenvalue weighted by molar-refractivity contribution is 7.90. The lowest BCUT2D eigenvalue weighted by Crippen LogP contribution is -2.64. The molecule has 13 heteroatoms. The number of likely N-dealkylation sites (tertiary alicyclic amines) is 1. The van der Waals surface area contributed by atoms with Gasteiger partial charge < -0.3 is 20.1 Å². The Morgan fingerprint density at radius 2 is 1.78 bits per heavy atom. The van der Waals surface area contributed by atoms with Gasteiger partial charge in [0, 0.05) is 36.8 Å². The highest BCUT2D eigenvalue weighted by Crippen LogP contribution is 2.31. The van der Waals surface area contributed by atoms with Crippen LogP contribution in [-0.4, -0.2) is 66.1 Å². The monoisotopic (exact) mass is 650 g/mol. The maximum Gasteiger partial charge on any atom is 0.421 e. The predicted molar refractivity (Wildman–Crippen MR) is 169 cm³/mol. The van der Waals surface area contributed by atoms with Crippen LogP contribution < -0.4 is 10.0 Å². The van der Waals surface area contributed by atoms with Gasteiger partial charge in [-0.3, -0.25) is 14.6 Å². The highest BCUT2D eigenvalue weighted by Gasteiger charge is 2.52. The highest BCUT2D eigenvalue weighted by atomic mass is 32.2. The molecule has 1 saturated heterocycles. The van der Waals surface area contributed by atoms with Crippen molar-refractivity contribution in [1.29, 1.82) is 0 Å². The Morgan fingerprint density at radius 1 is 1.04 bits per heavy atom. The maximum atomic E-state index is 13.5. The molecule has 0 aliphatic carbocycles. The van der Waals surface area contributed by atoms with Crippen molar-refractivity contribution < 1.29 is 37.4 Å². The molecule has 2 unspecified atom stereocenters. The van der Waals surface area contributed by atoms with E-state index in [9.17, 15) is 32.7 Å². The summed E-state index contributed by atoms with van der Waals surface area (Å²) in [4.78, 5) is 56.4. The normalized spacial score (nSPS) is 16.8. The Bertz CT molecular complexity index is 1660. The smallest absolute Gasteiger partial charge is 0.421 e. The third-order valence-electron chi connectivity index (χ3n) is 7.95. The molecular weight excluding hydrogens is 612 g/mol. The number of nitrogens with one attached hydrogen (secondary N) is 2. The summed E-state index contributed by atoms with van der Waals surface area (Å²) in [6.07, 6.45) is 4.38. The topological polar surface area (TPSA) is 172 Å². The zero-order chi connectivity index (χ0) is 33.3. The summed E-state index contributed by atoms with van der Waals surface area (Å²) in [6.45, 7) is 4.02. The van der Waals surface area contributed by atoms with Gasteiger partial charge in [-0.2, -0.15) is 0 Å². The molecule has 4 rings (SSSR count). The van der Waals surface area contributed by atoms with E-state index in [1.165, 1.54) is 23.4 Å². The van der Waals surface area contributed by atoms with E-state index in [0.29, 0.717) is 30.4 Å². The number of pyridine rings is 1. The number of rotatable bonds is 13. The van der Waals surface area contributed by atoms with Gasteiger partial charge in [0.05, 0.1) is 17.1 Å². The lowest BCUT2D eigenvalue weighted by atomic mass is 9.93. The summed E-state index contributed by atoms with van der Waals surface area (Å²) in [5.41, 5.74) is 0.0568. The van der Waals surface area contributed by atoms with Crippen molar-refractivity contribution in [2.75, 3.05) is 13.2 Å². The fraction of sp³-hybridized carbons (Fsp3) is 0.364. The van der Waals surface area contributed by atoms with Crippen molar-refractivity contribution in [2.24, 2.45) is 5.92 Å². The van der Waals surface area contributed by atoms with Gasteiger partial charge in [-0.25, -0.2) is 22.7 Å². The van der Waals surface area contributed by atoms with Crippen LogP contribution in [0.5, 0.6) is 0 Å². The lowest BCUT2D eigenvalue weighted by molar-refractivity contribution is -0.154. The third-order valence-corrected chi connectivity index (χ3v) is 9.32. The van der Waals surface area contributed by atoms with Crippen molar-refractivity contribution in [1.82, 2.24) is 19.9 Å². The summed E-state index contributed by atoms with van der Waals surface area (Å²) in [6, 6.07) is 16.4. The number of nitrogens with zero attached hydrogens (tertiary/aromatic N) is 2. The number of aromatic nitrogens is 1. The SMILES string of the molecule is CCCCOC(=O)NS(=O)(=O)c1ccccc1-c1ccc(CC(CC)C(=O)NC2(C(=O)O)CCCN2C(=O)c2cccnc2)cc1. The van der Waals surface area contributed by atoms with Crippen molar-refractivity contribution in [3.05, 3.63) is 84.2 Å². The second-order valence-corrected chi connectivity index (χ2v) is 12.7. The molecule has 12 nitrogen and oxygen atoms in total.